The molecule has 22 heavy (non-hydrogen) atoms. The van der Waals surface area contributed by atoms with Gasteiger partial charge in [0.2, 0.25) is 5.91 Å². The van der Waals surface area contributed by atoms with Crippen molar-refractivity contribution in [1.29, 1.82) is 0 Å². The first-order valence-corrected chi connectivity index (χ1v) is 7.80. The molecule has 0 unspecified atom stereocenters. The number of hydrogen-bond acceptors (Lipinski definition) is 3. The first-order valence-electron chi connectivity index (χ1n) is 7.01. The lowest BCUT2D eigenvalue weighted by molar-refractivity contribution is -0.121. The van der Waals surface area contributed by atoms with Crippen LogP contribution in [0.1, 0.15) is 12.0 Å². The normalized spacial score (nSPS) is 17.9. The number of nitrogens with zero attached hydrogens (tertiary/aromatic N) is 1. The summed E-state index contributed by atoms with van der Waals surface area (Å²) < 4.78 is 0.865. The van der Waals surface area contributed by atoms with Gasteiger partial charge in [0.15, 0.2) is 0 Å². The summed E-state index contributed by atoms with van der Waals surface area (Å²) in [6.45, 7) is 1.89. The summed E-state index contributed by atoms with van der Waals surface area (Å²) in [7, 11) is 0. The average molecular weight is 359 g/mol. The molecule has 5 heteroatoms. The molecule has 4 nitrogen and oxygen atoms in total. The molecule has 1 saturated heterocycles. The third-order valence-electron chi connectivity index (χ3n) is 3.71. The Kier molecular flexibility index (Phi) is 3.98. The van der Waals surface area contributed by atoms with Crippen LogP contribution < -0.4 is 10.2 Å². The molecule has 1 aliphatic rings. The van der Waals surface area contributed by atoms with Gasteiger partial charge in [-0.3, -0.25) is 9.59 Å². The fourth-order valence-corrected chi connectivity index (χ4v) is 2.98. The Morgan fingerprint density at radius 3 is 2.50 bits per heavy atom. The molecule has 1 fully saturated rings. The third-order valence-corrected chi connectivity index (χ3v) is 4.40. The second-order valence-corrected chi connectivity index (χ2v) is 6.09. The van der Waals surface area contributed by atoms with Gasteiger partial charge in [0.05, 0.1) is 12.1 Å². The summed E-state index contributed by atoms with van der Waals surface area (Å²) in [5.41, 5.74) is 2.37. The topological polar surface area (TPSA) is 49.4 Å². The van der Waals surface area contributed by atoms with Crippen molar-refractivity contribution in [3.8, 4) is 0 Å². The van der Waals surface area contributed by atoms with Crippen LogP contribution in [-0.4, -0.2) is 17.9 Å². The molecule has 0 radical (unpaired) electrons. The van der Waals surface area contributed by atoms with Crippen molar-refractivity contribution in [2.75, 3.05) is 10.2 Å². The molecule has 1 atom stereocenters. The molecule has 2 amide bonds. The summed E-state index contributed by atoms with van der Waals surface area (Å²) in [5, 5.41) is 3.15. The molecule has 2 aromatic rings. The van der Waals surface area contributed by atoms with Gasteiger partial charge in [0, 0.05) is 10.2 Å². The van der Waals surface area contributed by atoms with Crippen LogP contribution in [-0.2, 0) is 9.59 Å². The predicted molar refractivity (Wildman–Crippen MR) is 89.8 cm³/mol. The van der Waals surface area contributed by atoms with E-state index in [1.54, 1.807) is 6.07 Å². The Morgan fingerprint density at radius 2 is 1.77 bits per heavy atom. The van der Waals surface area contributed by atoms with Crippen molar-refractivity contribution in [3.05, 3.63) is 58.6 Å². The maximum atomic E-state index is 12.6. The number of aryl methyl sites for hydroxylation is 1. The fraction of sp³-hybridized carbons (Fsp3) is 0.176. The van der Waals surface area contributed by atoms with Crippen LogP contribution in [0.15, 0.2) is 53.0 Å². The molecule has 1 N–H and O–H groups in total. The number of imide groups is 1. The lowest BCUT2D eigenvalue weighted by Crippen LogP contribution is -2.35. The van der Waals surface area contributed by atoms with E-state index in [2.05, 4.69) is 21.2 Å². The first-order chi connectivity index (χ1) is 10.6. The van der Waals surface area contributed by atoms with E-state index in [1.807, 2.05) is 49.4 Å². The zero-order valence-electron chi connectivity index (χ0n) is 12.0. The second-order valence-electron chi connectivity index (χ2n) is 5.23. The number of halogens is 1. The molecule has 3 rings (SSSR count). The number of benzene rings is 2. The van der Waals surface area contributed by atoms with Crippen LogP contribution in [0.25, 0.3) is 0 Å². The maximum absolute atomic E-state index is 12.6. The molecule has 112 valence electrons. The summed E-state index contributed by atoms with van der Waals surface area (Å²) >= 11 is 3.44. The van der Waals surface area contributed by atoms with Crippen LogP contribution in [0.5, 0.6) is 0 Å². The highest BCUT2D eigenvalue weighted by molar-refractivity contribution is 9.10. The number of para-hydroxylation sites is 2. The minimum absolute atomic E-state index is 0.161. The van der Waals surface area contributed by atoms with Gasteiger partial charge in [-0.15, -0.1) is 0 Å². The zero-order chi connectivity index (χ0) is 15.7. The van der Waals surface area contributed by atoms with E-state index in [-0.39, 0.29) is 18.2 Å². The van der Waals surface area contributed by atoms with Crippen molar-refractivity contribution in [2.24, 2.45) is 0 Å². The number of nitrogens with one attached hydrogen (secondary N) is 1. The number of carbonyl (C=O) groups excluding carboxylic acids is 2. The Labute approximate surface area is 137 Å². The van der Waals surface area contributed by atoms with Gasteiger partial charge in [0.1, 0.15) is 6.04 Å². The van der Waals surface area contributed by atoms with E-state index in [9.17, 15) is 9.59 Å². The highest BCUT2D eigenvalue weighted by Gasteiger charge is 2.40. The van der Waals surface area contributed by atoms with Crippen molar-refractivity contribution in [3.63, 3.8) is 0 Å². The van der Waals surface area contributed by atoms with Crippen LogP contribution >= 0.6 is 15.9 Å². The van der Waals surface area contributed by atoms with Gasteiger partial charge in [-0.25, -0.2) is 4.90 Å². The van der Waals surface area contributed by atoms with E-state index < -0.39 is 6.04 Å². The monoisotopic (exact) mass is 358 g/mol. The first kappa shape index (κ1) is 14.8. The van der Waals surface area contributed by atoms with Gasteiger partial charge in [-0.1, -0.05) is 30.3 Å². The summed E-state index contributed by atoms with van der Waals surface area (Å²) in [6.07, 6.45) is 0.161. The molecule has 0 aromatic heterocycles. The molecular formula is C17H15BrN2O2. The van der Waals surface area contributed by atoms with Crippen LogP contribution in [0.4, 0.5) is 11.4 Å². The minimum atomic E-state index is -0.536. The van der Waals surface area contributed by atoms with E-state index in [0.29, 0.717) is 5.69 Å². The SMILES string of the molecule is Cc1ccccc1N1C(=O)C[C@H](Nc2ccccc2Br)C1=O. The van der Waals surface area contributed by atoms with E-state index in [4.69, 9.17) is 0 Å². The summed E-state index contributed by atoms with van der Waals surface area (Å²) in [4.78, 5) is 26.2. The van der Waals surface area contributed by atoms with Crippen molar-refractivity contribution < 1.29 is 9.59 Å². The minimum Gasteiger partial charge on any atom is -0.372 e. The van der Waals surface area contributed by atoms with Gasteiger partial charge in [-0.05, 0) is 46.6 Å². The molecule has 0 aliphatic carbocycles. The lowest BCUT2D eigenvalue weighted by Gasteiger charge is -2.18. The zero-order valence-corrected chi connectivity index (χ0v) is 13.6. The number of anilines is 2. The number of carbonyl (C=O) groups is 2. The Hall–Kier alpha value is -2.14. The van der Waals surface area contributed by atoms with E-state index >= 15 is 0 Å². The standard InChI is InChI=1S/C17H15BrN2O2/c1-11-6-2-5-9-15(11)20-16(21)10-14(17(20)22)19-13-8-4-3-7-12(13)18/h2-9,14,19H,10H2,1H3/t14-/m0/s1. The van der Waals surface area contributed by atoms with Gasteiger partial charge in [0.25, 0.3) is 5.91 Å². The lowest BCUT2D eigenvalue weighted by atomic mass is 10.2. The van der Waals surface area contributed by atoms with Gasteiger partial charge in [-0.2, -0.15) is 0 Å². The second kappa shape index (κ2) is 5.93. The Balaban J connectivity index is 1.86. The number of amides is 2. The fourth-order valence-electron chi connectivity index (χ4n) is 2.58. The van der Waals surface area contributed by atoms with Crippen molar-refractivity contribution in [1.82, 2.24) is 0 Å². The molecule has 1 heterocycles. The molecule has 1 aliphatic heterocycles. The largest absolute Gasteiger partial charge is 0.372 e. The third kappa shape index (κ3) is 2.64. The van der Waals surface area contributed by atoms with Crippen molar-refractivity contribution in [2.45, 2.75) is 19.4 Å². The van der Waals surface area contributed by atoms with E-state index in [0.717, 1.165) is 15.7 Å². The van der Waals surface area contributed by atoms with Crippen LogP contribution in [0.2, 0.25) is 0 Å². The van der Waals surface area contributed by atoms with Crippen molar-refractivity contribution >= 4 is 39.1 Å². The Bertz CT molecular complexity index is 745. The molecule has 0 bridgehead atoms. The van der Waals surface area contributed by atoms with Gasteiger partial charge < -0.3 is 5.32 Å². The predicted octanol–water partition coefficient (Wildman–Crippen LogP) is 3.50. The Morgan fingerprint density at radius 1 is 1.09 bits per heavy atom. The smallest absolute Gasteiger partial charge is 0.256 e. The summed E-state index contributed by atoms with van der Waals surface area (Å²) in [6, 6.07) is 14.4. The molecule has 0 spiro atoms. The average Bonchev–Trinajstić information content (AvgIpc) is 2.77. The maximum Gasteiger partial charge on any atom is 0.256 e. The molecule has 2 aromatic carbocycles. The number of hydrogen-bond donors (Lipinski definition) is 1. The summed E-state index contributed by atoms with van der Waals surface area (Å²) in [5.74, 6) is -0.390. The van der Waals surface area contributed by atoms with Crippen LogP contribution in [0.3, 0.4) is 0 Å². The molecular weight excluding hydrogens is 344 g/mol. The number of rotatable bonds is 3. The molecule has 0 saturated carbocycles. The van der Waals surface area contributed by atoms with E-state index in [1.165, 1.54) is 4.90 Å². The highest BCUT2D eigenvalue weighted by Crippen LogP contribution is 2.29. The van der Waals surface area contributed by atoms with Gasteiger partial charge >= 0.3 is 0 Å². The highest BCUT2D eigenvalue weighted by atomic mass is 79.9. The van der Waals surface area contributed by atoms with Crippen LogP contribution in [0, 0.1) is 6.92 Å². The quantitative estimate of drug-likeness (QED) is 0.854.